The van der Waals surface area contributed by atoms with Gasteiger partial charge in [-0.25, -0.2) is 8.78 Å². The van der Waals surface area contributed by atoms with Crippen molar-refractivity contribution in [2.45, 2.75) is 37.8 Å². The third-order valence-corrected chi connectivity index (χ3v) is 5.20. The molecule has 1 aliphatic rings. The van der Waals surface area contributed by atoms with Gasteiger partial charge in [-0.2, -0.15) is 0 Å². The van der Waals surface area contributed by atoms with E-state index in [0.29, 0.717) is 10.8 Å². The molecule has 7 heteroatoms. The summed E-state index contributed by atoms with van der Waals surface area (Å²) in [6.45, 7) is 0.817. The van der Waals surface area contributed by atoms with Crippen molar-refractivity contribution >= 4 is 17.6 Å². The van der Waals surface area contributed by atoms with Gasteiger partial charge in [-0.05, 0) is 29.8 Å². The summed E-state index contributed by atoms with van der Waals surface area (Å²) in [7, 11) is 0. The number of rotatable bonds is 8. The second kappa shape index (κ2) is 10.0. The molecule has 4 nitrogen and oxygen atoms in total. The standard InChI is InChI=1S/C22H24ClF2NO3/c23-18-6-8-20(9-7-18)28-16-19(26-12-10-22(24,25)11-13-26)14-21(27)29-15-17-4-2-1-3-5-17/h1-9,19H,10-16H2. The molecule has 0 N–H and O–H groups in total. The van der Waals surface area contributed by atoms with Gasteiger partial charge in [0.1, 0.15) is 19.0 Å². The van der Waals surface area contributed by atoms with Crippen LogP contribution < -0.4 is 4.74 Å². The minimum absolute atomic E-state index is 0.0754. The number of esters is 1. The van der Waals surface area contributed by atoms with E-state index in [0.717, 1.165) is 5.56 Å². The summed E-state index contributed by atoms with van der Waals surface area (Å²) in [5, 5.41) is 0.594. The number of hydrogen-bond donors (Lipinski definition) is 0. The van der Waals surface area contributed by atoms with Crippen LogP contribution in [0.5, 0.6) is 5.75 Å². The van der Waals surface area contributed by atoms with Crippen LogP contribution in [-0.4, -0.2) is 42.5 Å². The van der Waals surface area contributed by atoms with Crippen molar-refractivity contribution in [3.8, 4) is 5.75 Å². The van der Waals surface area contributed by atoms with Crippen LogP contribution >= 0.6 is 11.6 Å². The summed E-state index contributed by atoms with van der Waals surface area (Å²) in [6.07, 6.45) is -0.362. The molecule has 0 bridgehead atoms. The van der Waals surface area contributed by atoms with Crippen molar-refractivity contribution in [3.05, 3.63) is 65.2 Å². The molecular formula is C22H24ClF2NO3. The summed E-state index contributed by atoms with van der Waals surface area (Å²) >= 11 is 5.88. The first-order valence-electron chi connectivity index (χ1n) is 9.61. The van der Waals surface area contributed by atoms with Crippen molar-refractivity contribution in [1.29, 1.82) is 0 Å². The first-order valence-corrected chi connectivity index (χ1v) is 9.99. The summed E-state index contributed by atoms with van der Waals surface area (Å²) in [6, 6.07) is 15.9. The summed E-state index contributed by atoms with van der Waals surface area (Å²) in [5.41, 5.74) is 0.896. The van der Waals surface area contributed by atoms with E-state index < -0.39 is 5.92 Å². The number of benzene rings is 2. The Labute approximate surface area is 174 Å². The fourth-order valence-corrected chi connectivity index (χ4v) is 3.35. The highest BCUT2D eigenvalue weighted by Gasteiger charge is 2.37. The second-order valence-corrected chi connectivity index (χ2v) is 7.60. The molecule has 2 aromatic carbocycles. The predicted molar refractivity (Wildman–Crippen MR) is 107 cm³/mol. The molecule has 1 atom stereocenters. The molecule has 1 unspecified atom stereocenters. The molecule has 1 saturated heterocycles. The van der Waals surface area contributed by atoms with E-state index >= 15 is 0 Å². The van der Waals surface area contributed by atoms with Crippen LogP contribution in [0.4, 0.5) is 8.78 Å². The second-order valence-electron chi connectivity index (χ2n) is 7.16. The van der Waals surface area contributed by atoms with Gasteiger partial charge in [0.15, 0.2) is 0 Å². The molecule has 3 rings (SSSR count). The Bertz CT molecular complexity index is 776. The summed E-state index contributed by atoms with van der Waals surface area (Å²) < 4.78 is 38.2. The first kappa shape index (κ1) is 21.5. The van der Waals surface area contributed by atoms with Gasteiger partial charge in [-0.1, -0.05) is 41.9 Å². The van der Waals surface area contributed by atoms with E-state index in [2.05, 4.69) is 0 Å². The number of piperidine rings is 1. The number of nitrogens with zero attached hydrogens (tertiary/aromatic N) is 1. The fraction of sp³-hybridized carbons (Fsp3) is 0.409. The molecule has 0 radical (unpaired) electrons. The zero-order valence-electron chi connectivity index (χ0n) is 16.0. The van der Waals surface area contributed by atoms with Crippen molar-refractivity contribution in [3.63, 3.8) is 0 Å². The maximum atomic E-state index is 13.5. The van der Waals surface area contributed by atoms with E-state index in [9.17, 15) is 13.6 Å². The lowest BCUT2D eigenvalue weighted by molar-refractivity contribution is -0.147. The van der Waals surface area contributed by atoms with Gasteiger partial charge < -0.3 is 9.47 Å². The zero-order chi connectivity index (χ0) is 20.7. The summed E-state index contributed by atoms with van der Waals surface area (Å²) in [5.74, 6) is -2.42. The number of halogens is 3. The normalized spacial score (nSPS) is 17.5. The third-order valence-electron chi connectivity index (χ3n) is 4.95. The van der Waals surface area contributed by atoms with Crippen LogP contribution in [0.25, 0.3) is 0 Å². The number of ether oxygens (including phenoxy) is 2. The highest BCUT2D eigenvalue weighted by molar-refractivity contribution is 6.30. The van der Waals surface area contributed by atoms with Crippen molar-refractivity contribution in [2.75, 3.05) is 19.7 Å². The Kier molecular flexibility index (Phi) is 7.45. The molecule has 0 saturated carbocycles. The molecular weight excluding hydrogens is 400 g/mol. The average molecular weight is 424 g/mol. The topological polar surface area (TPSA) is 38.8 Å². The van der Waals surface area contributed by atoms with Gasteiger partial charge in [0.25, 0.3) is 5.92 Å². The van der Waals surface area contributed by atoms with Crippen molar-refractivity contribution in [2.24, 2.45) is 0 Å². The fourth-order valence-electron chi connectivity index (χ4n) is 3.22. The highest BCUT2D eigenvalue weighted by atomic mass is 35.5. The van der Waals surface area contributed by atoms with E-state index in [4.69, 9.17) is 21.1 Å². The van der Waals surface area contributed by atoms with E-state index in [1.54, 1.807) is 24.3 Å². The van der Waals surface area contributed by atoms with Crippen molar-refractivity contribution < 1.29 is 23.0 Å². The largest absolute Gasteiger partial charge is 0.492 e. The third kappa shape index (κ3) is 6.98. The summed E-state index contributed by atoms with van der Waals surface area (Å²) in [4.78, 5) is 14.3. The minimum atomic E-state index is -2.65. The quantitative estimate of drug-likeness (QED) is 0.563. The van der Waals surface area contributed by atoms with Crippen LogP contribution in [0.3, 0.4) is 0 Å². The smallest absolute Gasteiger partial charge is 0.307 e. The lowest BCUT2D eigenvalue weighted by Crippen LogP contribution is -2.48. The maximum absolute atomic E-state index is 13.5. The molecule has 2 aromatic rings. The minimum Gasteiger partial charge on any atom is -0.492 e. The Morgan fingerprint density at radius 1 is 1.07 bits per heavy atom. The lowest BCUT2D eigenvalue weighted by Gasteiger charge is -2.36. The van der Waals surface area contributed by atoms with E-state index in [-0.39, 0.29) is 57.6 Å². The van der Waals surface area contributed by atoms with Crippen LogP contribution in [0, 0.1) is 0 Å². The van der Waals surface area contributed by atoms with Gasteiger partial charge >= 0.3 is 5.97 Å². The first-order chi connectivity index (χ1) is 13.9. The van der Waals surface area contributed by atoms with Gasteiger partial charge in [-0.3, -0.25) is 9.69 Å². The molecule has 0 spiro atoms. The Morgan fingerprint density at radius 2 is 1.72 bits per heavy atom. The van der Waals surface area contributed by atoms with E-state index in [1.165, 1.54) is 0 Å². The van der Waals surface area contributed by atoms with Crippen LogP contribution in [0.1, 0.15) is 24.8 Å². The van der Waals surface area contributed by atoms with Crippen LogP contribution in [0.15, 0.2) is 54.6 Å². The number of hydrogen-bond acceptors (Lipinski definition) is 4. The Hall–Kier alpha value is -2.18. The molecule has 156 valence electrons. The number of carbonyl (C=O) groups excluding carboxylic acids is 1. The molecule has 1 heterocycles. The van der Waals surface area contributed by atoms with Gasteiger partial charge in [0.2, 0.25) is 0 Å². The monoisotopic (exact) mass is 423 g/mol. The molecule has 1 fully saturated rings. The van der Waals surface area contributed by atoms with Crippen LogP contribution in [0.2, 0.25) is 5.02 Å². The number of alkyl halides is 2. The molecule has 1 aliphatic heterocycles. The number of likely N-dealkylation sites (tertiary alicyclic amines) is 1. The predicted octanol–water partition coefficient (Wildman–Crippen LogP) is 4.95. The molecule has 0 aliphatic carbocycles. The molecule has 0 aromatic heterocycles. The SMILES string of the molecule is O=C(CC(COc1ccc(Cl)cc1)N1CCC(F)(F)CC1)OCc1ccccc1. The highest BCUT2D eigenvalue weighted by Crippen LogP contribution is 2.29. The average Bonchev–Trinajstić information content (AvgIpc) is 2.72. The molecule has 29 heavy (non-hydrogen) atoms. The molecule has 0 amide bonds. The Balaban J connectivity index is 1.58. The number of carbonyl (C=O) groups is 1. The van der Waals surface area contributed by atoms with E-state index in [1.807, 2.05) is 35.2 Å². The van der Waals surface area contributed by atoms with Gasteiger partial charge in [-0.15, -0.1) is 0 Å². The zero-order valence-corrected chi connectivity index (χ0v) is 16.8. The maximum Gasteiger partial charge on any atom is 0.307 e. The van der Waals surface area contributed by atoms with Crippen LogP contribution in [-0.2, 0) is 16.1 Å². The lowest BCUT2D eigenvalue weighted by atomic mass is 10.0. The van der Waals surface area contributed by atoms with Gasteiger partial charge in [0, 0.05) is 31.0 Å². The Morgan fingerprint density at radius 3 is 2.38 bits per heavy atom. The van der Waals surface area contributed by atoms with Crippen molar-refractivity contribution in [1.82, 2.24) is 4.90 Å². The van der Waals surface area contributed by atoms with Gasteiger partial charge in [0.05, 0.1) is 12.5 Å².